The van der Waals surface area contributed by atoms with Crippen LogP contribution in [0.2, 0.25) is 0 Å². The molecule has 1 heterocycles. The highest BCUT2D eigenvalue weighted by Crippen LogP contribution is 2.38. The third-order valence-corrected chi connectivity index (χ3v) is 4.93. The first-order valence-electron chi connectivity index (χ1n) is 7.16. The number of hydrogen-bond acceptors (Lipinski definition) is 2. The molecule has 0 spiro atoms. The molecule has 1 nitrogen and oxygen atoms in total. The second-order valence-corrected chi connectivity index (χ2v) is 6.46. The fraction of sp³-hybridized carbons (Fsp3) is 0.625. The van der Waals surface area contributed by atoms with Crippen LogP contribution in [-0.2, 0) is 6.42 Å². The number of hydrogen-bond donors (Lipinski definition) is 1. The lowest BCUT2D eigenvalue weighted by molar-refractivity contribution is 0.381. The number of rotatable bonds is 6. The largest absolute Gasteiger partial charge is 0.314 e. The van der Waals surface area contributed by atoms with Crippen molar-refractivity contribution in [2.24, 2.45) is 0 Å². The van der Waals surface area contributed by atoms with E-state index in [1.165, 1.54) is 31.3 Å². The van der Waals surface area contributed by atoms with Crippen LogP contribution >= 0.6 is 11.3 Å². The molecule has 2 rings (SSSR count). The summed E-state index contributed by atoms with van der Waals surface area (Å²) in [5.74, 6) is 0.722. The Morgan fingerprint density at radius 2 is 2.44 bits per heavy atom. The molecule has 1 aliphatic carbocycles. The van der Waals surface area contributed by atoms with Gasteiger partial charge < -0.3 is 5.32 Å². The van der Waals surface area contributed by atoms with E-state index in [0.717, 1.165) is 18.9 Å². The molecule has 2 unspecified atom stereocenters. The van der Waals surface area contributed by atoms with E-state index in [2.05, 4.69) is 37.2 Å². The van der Waals surface area contributed by atoms with Crippen LogP contribution in [0.5, 0.6) is 0 Å². The summed E-state index contributed by atoms with van der Waals surface area (Å²) in [7, 11) is 0. The molecule has 1 N–H and O–H groups in total. The van der Waals surface area contributed by atoms with E-state index < -0.39 is 0 Å². The predicted octanol–water partition coefficient (Wildman–Crippen LogP) is 4.50. The van der Waals surface area contributed by atoms with Gasteiger partial charge in [-0.3, -0.25) is 0 Å². The highest BCUT2D eigenvalue weighted by molar-refractivity contribution is 7.10. The second-order valence-electron chi connectivity index (χ2n) is 5.46. The van der Waals surface area contributed by atoms with E-state index in [-0.39, 0.29) is 0 Å². The Bertz CT molecular complexity index is 394. The minimum Gasteiger partial charge on any atom is -0.314 e. The van der Waals surface area contributed by atoms with Crippen molar-refractivity contribution in [3.63, 3.8) is 0 Å². The molecule has 100 valence electrons. The van der Waals surface area contributed by atoms with E-state index >= 15 is 0 Å². The van der Waals surface area contributed by atoms with Gasteiger partial charge in [-0.2, -0.15) is 0 Å². The molecule has 0 amide bonds. The van der Waals surface area contributed by atoms with Gasteiger partial charge in [-0.1, -0.05) is 12.5 Å². The maximum absolute atomic E-state index is 4.04. The lowest BCUT2D eigenvalue weighted by Gasteiger charge is -2.31. The van der Waals surface area contributed by atoms with E-state index in [0.29, 0.717) is 6.04 Å². The summed E-state index contributed by atoms with van der Waals surface area (Å²) in [5.41, 5.74) is 2.93. The van der Waals surface area contributed by atoms with Crippen molar-refractivity contribution in [2.75, 3.05) is 6.54 Å². The molecular formula is C16H25NS. The topological polar surface area (TPSA) is 12.0 Å². The van der Waals surface area contributed by atoms with Crippen LogP contribution < -0.4 is 5.32 Å². The molecule has 18 heavy (non-hydrogen) atoms. The van der Waals surface area contributed by atoms with E-state index in [1.54, 1.807) is 10.4 Å². The zero-order valence-electron chi connectivity index (χ0n) is 11.7. The summed E-state index contributed by atoms with van der Waals surface area (Å²) in [6, 6.07) is 2.98. The Morgan fingerprint density at radius 1 is 1.61 bits per heavy atom. The lowest BCUT2D eigenvalue weighted by atomic mass is 9.80. The summed E-state index contributed by atoms with van der Waals surface area (Å²) in [6.07, 6.45) is 6.37. The van der Waals surface area contributed by atoms with Crippen LogP contribution in [0.1, 0.15) is 55.9 Å². The van der Waals surface area contributed by atoms with Gasteiger partial charge in [-0.05, 0) is 62.6 Å². The Hall–Kier alpha value is -0.600. The zero-order valence-corrected chi connectivity index (χ0v) is 12.5. The third-order valence-electron chi connectivity index (χ3n) is 3.93. The molecule has 0 bridgehead atoms. The highest BCUT2D eigenvalue weighted by Gasteiger charge is 2.27. The van der Waals surface area contributed by atoms with Crippen molar-refractivity contribution in [3.05, 3.63) is 34.0 Å². The molecule has 0 aliphatic heterocycles. The molecule has 1 aromatic heterocycles. The maximum atomic E-state index is 4.04. The first-order valence-corrected chi connectivity index (χ1v) is 8.04. The zero-order chi connectivity index (χ0) is 13.0. The standard InChI is InChI=1S/C16H25NS/c1-4-17-15(9-8-12(2)3)13-6-5-7-16-14(13)10-11-18-16/h10-11,13,15,17H,2,4-9H2,1,3H3. The average Bonchev–Trinajstić information content (AvgIpc) is 2.82. The van der Waals surface area contributed by atoms with Crippen LogP contribution in [-0.4, -0.2) is 12.6 Å². The Morgan fingerprint density at radius 3 is 3.17 bits per heavy atom. The summed E-state index contributed by atoms with van der Waals surface area (Å²) in [6.45, 7) is 9.46. The van der Waals surface area contributed by atoms with Crippen molar-refractivity contribution < 1.29 is 0 Å². The van der Waals surface area contributed by atoms with Crippen molar-refractivity contribution in [2.45, 2.75) is 57.9 Å². The minimum atomic E-state index is 0.625. The van der Waals surface area contributed by atoms with Crippen LogP contribution in [0.4, 0.5) is 0 Å². The van der Waals surface area contributed by atoms with Gasteiger partial charge in [0.25, 0.3) is 0 Å². The van der Waals surface area contributed by atoms with Crippen LogP contribution in [0.15, 0.2) is 23.6 Å². The molecule has 0 fully saturated rings. The lowest BCUT2D eigenvalue weighted by Crippen LogP contribution is -2.36. The molecule has 0 saturated carbocycles. The summed E-state index contributed by atoms with van der Waals surface area (Å²) >= 11 is 1.94. The smallest absolute Gasteiger partial charge is 0.0139 e. The minimum absolute atomic E-state index is 0.625. The Labute approximate surface area is 115 Å². The number of aryl methyl sites for hydroxylation is 1. The van der Waals surface area contributed by atoms with Crippen molar-refractivity contribution in [1.29, 1.82) is 0 Å². The number of allylic oxidation sites excluding steroid dienone is 1. The first-order chi connectivity index (χ1) is 8.72. The van der Waals surface area contributed by atoms with Crippen LogP contribution in [0, 0.1) is 0 Å². The predicted molar refractivity (Wildman–Crippen MR) is 81.5 cm³/mol. The van der Waals surface area contributed by atoms with E-state index in [9.17, 15) is 0 Å². The van der Waals surface area contributed by atoms with E-state index in [1.807, 2.05) is 11.3 Å². The molecule has 0 saturated heterocycles. The summed E-state index contributed by atoms with van der Waals surface area (Å²) < 4.78 is 0. The van der Waals surface area contributed by atoms with Gasteiger partial charge in [0.05, 0.1) is 0 Å². The number of likely N-dealkylation sites (N-methyl/N-ethyl adjacent to an activating group) is 1. The van der Waals surface area contributed by atoms with Crippen molar-refractivity contribution in [3.8, 4) is 0 Å². The molecule has 2 heteroatoms. The molecule has 0 radical (unpaired) electrons. The first kappa shape index (κ1) is 13.8. The SMILES string of the molecule is C=C(C)CCC(NCC)C1CCCc2sccc21. The van der Waals surface area contributed by atoms with Gasteiger partial charge >= 0.3 is 0 Å². The molecule has 1 aliphatic rings. The van der Waals surface area contributed by atoms with Gasteiger partial charge in [0.2, 0.25) is 0 Å². The van der Waals surface area contributed by atoms with Gasteiger partial charge in [-0.15, -0.1) is 17.9 Å². The van der Waals surface area contributed by atoms with Gasteiger partial charge in [0, 0.05) is 16.8 Å². The fourth-order valence-electron chi connectivity index (χ4n) is 3.05. The Balaban J connectivity index is 2.09. The normalized spacial score (nSPS) is 20.4. The number of nitrogens with one attached hydrogen (secondary N) is 1. The molecule has 2 atom stereocenters. The third kappa shape index (κ3) is 3.24. The van der Waals surface area contributed by atoms with Gasteiger partial charge in [-0.25, -0.2) is 0 Å². The van der Waals surface area contributed by atoms with Crippen LogP contribution in [0.25, 0.3) is 0 Å². The number of fused-ring (bicyclic) bond motifs is 1. The monoisotopic (exact) mass is 263 g/mol. The maximum Gasteiger partial charge on any atom is 0.0139 e. The van der Waals surface area contributed by atoms with Gasteiger partial charge in [0.15, 0.2) is 0 Å². The molecule has 1 aromatic rings. The van der Waals surface area contributed by atoms with Crippen LogP contribution in [0.3, 0.4) is 0 Å². The second kappa shape index (κ2) is 6.53. The quantitative estimate of drug-likeness (QED) is 0.745. The molecule has 0 aromatic carbocycles. The number of thiophene rings is 1. The summed E-state index contributed by atoms with van der Waals surface area (Å²) in [5, 5.41) is 5.97. The Kier molecular flexibility index (Phi) is 5.02. The van der Waals surface area contributed by atoms with Crippen molar-refractivity contribution >= 4 is 11.3 Å². The van der Waals surface area contributed by atoms with E-state index in [4.69, 9.17) is 0 Å². The fourth-order valence-corrected chi connectivity index (χ4v) is 4.05. The van der Waals surface area contributed by atoms with Crippen molar-refractivity contribution in [1.82, 2.24) is 5.32 Å². The summed E-state index contributed by atoms with van der Waals surface area (Å²) in [4.78, 5) is 1.63. The highest BCUT2D eigenvalue weighted by atomic mass is 32.1. The molecular weight excluding hydrogens is 238 g/mol. The average molecular weight is 263 g/mol. The van der Waals surface area contributed by atoms with Gasteiger partial charge in [0.1, 0.15) is 0 Å².